The summed E-state index contributed by atoms with van der Waals surface area (Å²) in [5.41, 5.74) is 6.26. The maximum Gasteiger partial charge on any atom is 0.251 e. The molecule has 3 aromatic carbocycles. The van der Waals surface area contributed by atoms with Gasteiger partial charge in [0.2, 0.25) is 5.91 Å². The lowest BCUT2D eigenvalue weighted by Crippen LogP contribution is -2.39. The minimum atomic E-state index is -0.192. The molecule has 0 aliphatic carbocycles. The molecule has 1 amide bonds. The molecule has 0 fully saturated rings. The van der Waals surface area contributed by atoms with Crippen molar-refractivity contribution in [2.75, 3.05) is 18.6 Å². The Morgan fingerprint density at radius 2 is 1.72 bits per heavy atom. The monoisotopic (exact) mass is 480 g/mol. The van der Waals surface area contributed by atoms with Crippen LogP contribution in [0.15, 0.2) is 78.9 Å². The number of ether oxygens (including phenoxy) is 1. The van der Waals surface area contributed by atoms with Crippen LogP contribution < -0.4 is 15.0 Å². The van der Waals surface area contributed by atoms with Crippen LogP contribution in [0, 0.1) is 13.8 Å². The minimum absolute atomic E-state index is 0.0741. The van der Waals surface area contributed by atoms with E-state index < -0.39 is 0 Å². The molecule has 1 aliphatic rings. The number of anilines is 1. The summed E-state index contributed by atoms with van der Waals surface area (Å²) >= 11 is 0. The Morgan fingerprint density at radius 3 is 2.44 bits per heavy atom. The lowest BCUT2D eigenvalue weighted by atomic mass is 9.99. The molecule has 1 aliphatic heterocycles. The maximum absolute atomic E-state index is 13.1. The molecule has 8 heteroatoms. The third kappa shape index (κ3) is 4.84. The van der Waals surface area contributed by atoms with Gasteiger partial charge in [-0.2, -0.15) is 4.68 Å². The van der Waals surface area contributed by atoms with Gasteiger partial charge in [0.1, 0.15) is 18.3 Å². The van der Waals surface area contributed by atoms with Gasteiger partial charge in [0.25, 0.3) is 5.95 Å². The Labute approximate surface area is 210 Å². The number of aromatic nitrogens is 4. The molecule has 36 heavy (non-hydrogen) atoms. The van der Waals surface area contributed by atoms with Gasteiger partial charge < -0.3 is 10.1 Å². The normalized spacial score (nSPS) is 14.7. The van der Waals surface area contributed by atoms with Crippen LogP contribution in [-0.4, -0.2) is 39.8 Å². The number of amides is 1. The van der Waals surface area contributed by atoms with Gasteiger partial charge in [-0.25, -0.2) is 0 Å². The third-order valence-electron chi connectivity index (χ3n) is 6.28. The molecule has 1 aromatic heterocycles. The number of allylic oxidation sites excluding steroid dienone is 1. The highest BCUT2D eigenvalue weighted by Crippen LogP contribution is 2.36. The van der Waals surface area contributed by atoms with Crippen LogP contribution >= 0.6 is 0 Å². The molecule has 1 N–H and O–H groups in total. The topological polar surface area (TPSA) is 85.2 Å². The second-order valence-corrected chi connectivity index (χ2v) is 8.91. The van der Waals surface area contributed by atoms with Crippen LogP contribution in [0.25, 0.3) is 5.70 Å². The van der Waals surface area contributed by atoms with Crippen molar-refractivity contribution in [3.63, 3.8) is 0 Å². The average molecular weight is 481 g/mol. The third-order valence-corrected chi connectivity index (χ3v) is 6.28. The second kappa shape index (κ2) is 10.0. The molecule has 0 unspecified atom stereocenters. The summed E-state index contributed by atoms with van der Waals surface area (Å²) in [5.74, 6) is 1.14. The van der Waals surface area contributed by atoms with E-state index in [1.54, 1.807) is 11.8 Å². The predicted molar refractivity (Wildman–Crippen MR) is 138 cm³/mol. The van der Waals surface area contributed by atoms with E-state index in [2.05, 4.69) is 89.3 Å². The van der Waals surface area contributed by atoms with Gasteiger partial charge in [0, 0.05) is 6.54 Å². The van der Waals surface area contributed by atoms with Gasteiger partial charge in [-0.1, -0.05) is 76.9 Å². The lowest BCUT2D eigenvalue weighted by Gasteiger charge is -2.32. The van der Waals surface area contributed by atoms with Gasteiger partial charge in [-0.05, 0) is 59.2 Å². The molecule has 0 spiro atoms. The number of aryl methyl sites for hydroxylation is 2. The summed E-state index contributed by atoms with van der Waals surface area (Å²) in [6.07, 6.45) is 2.12. The van der Waals surface area contributed by atoms with Crippen LogP contribution in [0.1, 0.15) is 33.9 Å². The first-order valence-electron chi connectivity index (χ1n) is 11.8. The van der Waals surface area contributed by atoms with Gasteiger partial charge in [0.05, 0.1) is 12.8 Å². The Kier molecular flexibility index (Phi) is 6.49. The molecule has 0 bridgehead atoms. The van der Waals surface area contributed by atoms with Crippen LogP contribution in [0.4, 0.5) is 5.95 Å². The highest BCUT2D eigenvalue weighted by molar-refractivity contribution is 5.89. The van der Waals surface area contributed by atoms with Gasteiger partial charge in [-0.15, -0.1) is 0 Å². The molecule has 182 valence electrons. The summed E-state index contributed by atoms with van der Waals surface area (Å²) in [7, 11) is 1.63. The van der Waals surface area contributed by atoms with Gasteiger partial charge in [0.15, 0.2) is 0 Å². The number of tetrazole rings is 1. The molecule has 4 aromatic rings. The number of benzene rings is 3. The number of nitrogens with one attached hydrogen (secondary N) is 1. The number of nitrogens with zero attached hydrogens (tertiary/aromatic N) is 5. The van der Waals surface area contributed by atoms with E-state index in [0.29, 0.717) is 12.5 Å². The summed E-state index contributed by atoms with van der Waals surface area (Å²) in [4.78, 5) is 15.0. The van der Waals surface area contributed by atoms with E-state index in [0.717, 1.165) is 33.7 Å². The number of hydrogen-bond donors (Lipinski definition) is 1. The number of fused-ring (bicyclic) bond motifs is 1. The maximum atomic E-state index is 13.1. The fourth-order valence-corrected chi connectivity index (χ4v) is 4.28. The number of carbonyl (C=O) groups is 1. The quantitative estimate of drug-likeness (QED) is 0.429. The lowest BCUT2D eigenvalue weighted by molar-refractivity contribution is -0.119. The predicted octanol–water partition coefficient (Wildman–Crippen LogP) is 4.07. The highest BCUT2D eigenvalue weighted by Gasteiger charge is 2.31. The Morgan fingerprint density at radius 1 is 1.00 bits per heavy atom. The van der Waals surface area contributed by atoms with Crippen molar-refractivity contribution in [1.82, 2.24) is 25.5 Å². The SMILES string of the molecule is COc1cccc(CNC(=O)CN2C(c3ccc(C)cc3)=C[C@@H](c3ccc(C)cc3)n3nnnc32)c1. The van der Waals surface area contributed by atoms with Crippen LogP contribution in [-0.2, 0) is 11.3 Å². The molecular formula is C28H28N6O2. The van der Waals surface area contributed by atoms with Gasteiger partial charge >= 0.3 is 0 Å². The van der Waals surface area contributed by atoms with Crippen molar-refractivity contribution in [2.45, 2.75) is 26.4 Å². The fourth-order valence-electron chi connectivity index (χ4n) is 4.28. The van der Waals surface area contributed by atoms with E-state index in [4.69, 9.17) is 4.74 Å². The number of hydrogen-bond acceptors (Lipinski definition) is 6. The van der Waals surface area contributed by atoms with Crippen molar-refractivity contribution in [3.8, 4) is 5.75 Å². The first-order chi connectivity index (χ1) is 17.5. The minimum Gasteiger partial charge on any atom is -0.497 e. The highest BCUT2D eigenvalue weighted by atomic mass is 16.5. The van der Waals surface area contributed by atoms with E-state index in [1.807, 2.05) is 29.2 Å². The molecular weight excluding hydrogens is 452 g/mol. The molecule has 1 atom stereocenters. The van der Waals surface area contributed by atoms with E-state index >= 15 is 0 Å². The molecule has 0 saturated carbocycles. The van der Waals surface area contributed by atoms with Crippen molar-refractivity contribution in [1.29, 1.82) is 0 Å². The molecule has 2 heterocycles. The van der Waals surface area contributed by atoms with Crippen LogP contribution in [0.5, 0.6) is 5.75 Å². The fraction of sp³-hybridized carbons (Fsp3) is 0.214. The van der Waals surface area contributed by atoms with Crippen molar-refractivity contribution < 1.29 is 9.53 Å². The molecule has 0 radical (unpaired) electrons. The number of rotatable bonds is 7. The zero-order valence-corrected chi connectivity index (χ0v) is 20.5. The zero-order valence-electron chi connectivity index (χ0n) is 20.5. The van der Waals surface area contributed by atoms with Crippen LogP contribution in [0.2, 0.25) is 0 Å². The summed E-state index contributed by atoms with van der Waals surface area (Å²) in [6, 6.07) is 24.0. The van der Waals surface area contributed by atoms with Crippen LogP contribution in [0.3, 0.4) is 0 Å². The largest absolute Gasteiger partial charge is 0.497 e. The Bertz CT molecular complexity index is 1390. The molecule has 5 rings (SSSR count). The summed E-state index contributed by atoms with van der Waals surface area (Å²) in [5, 5.41) is 15.5. The molecule has 8 nitrogen and oxygen atoms in total. The summed E-state index contributed by atoms with van der Waals surface area (Å²) < 4.78 is 7.05. The standard InChI is InChI=1S/C28H28N6O2/c1-19-7-11-22(12-8-19)25-16-26(23-13-9-20(2)10-14-23)34-28(30-31-32-34)33(25)18-27(35)29-17-21-5-4-6-24(15-21)36-3/h4-16,26H,17-18H2,1-3H3,(H,29,35)/t26-/m0/s1. The van der Waals surface area contributed by atoms with Crippen molar-refractivity contribution in [3.05, 3.63) is 107 Å². The average Bonchev–Trinajstić information content (AvgIpc) is 3.39. The molecule has 0 saturated heterocycles. The van der Waals surface area contributed by atoms with Crippen molar-refractivity contribution in [2.24, 2.45) is 0 Å². The first-order valence-corrected chi connectivity index (χ1v) is 11.8. The zero-order chi connectivity index (χ0) is 25.1. The van der Waals surface area contributed by atoms with Gasteiger partial charge in [-0.3, -0.25) is 9.69 Å². The Hall–Kier alpha value is -4.46. The number of carbonyl (C=O) groups excluding carboxylic acids is 1. The van der Waals surface area contributed by atoms with E-state index in [-0.39, 0.29) is 18.5 Å². The van der Waals surface area contributed by atoms with E-state index in [9.17, 15) is 4.79 Å². The number of methoxy groups -OCH3 is 1. The second-order valence-electron chi connectivity index (χ2n) is 8.91. The smallest absolute Gasteiger partial charge is 0.251 e. The Balaban J connectivity index is 1.45. The van der Waals surface area contributed by atoms with E-state index in [1.165, 1.54) is 5.56 Å². The first kappa shape index (κ1) is 23.3. The van der Waals surface area contributed by atoms with Crippen molar-refractivity contribution >= 4 is 17.6 Å². The summed E-state index contributed by atoms with van der Waals surface area (Å²) in [6.45, 7) is 4.58.